The monoisotopic (exact) mass is 326 g/mol. The van der Waals surface area contributed by atoms with Gasteiger partial charge >= 0.3 is 5.97 Å². The summed E-state index contributed by atoms with van der Waals surface area (Å²) in [6.45, 7) is 0.838. The molecule has 118 valence electrons. The molecule has 1 aromatic rings. The fourth-order valence-corrected chi connectivity index (χ4v) is 2.62. The van der Waals surface area contributed by atoms with Crippen molar-refractivity contribution in [2.24, 2.45) is 0 Å². The van der Waals surface area contributed by atoms with Crippen LogP contribution in [0, 0.1) is 0 Å². The lowest BCUT2D eigenvalue weighted by Crippen LogP contribution is -2.39. The van der Waals surface area contributed by atoms with Crippen LogP contribution in [0.2, 0.25) is 0 Å². The number of amides is 2. The predicted octanol–water partition coefficient (Wildman–Crippen LogP) is 0.0223. The highest BCUT2D eigenvalue weighted by molar-refractivity contribution is 7.89. The molecule has 2 amide bonds. The molecule has 2 rings (SSSR count). The molecule has 0 atom stereocenters. The molecule has 0 saturated heterocycles. The molecular formula is C13H14N2O6S. The van der Waals surface area contributed by atoms with Crippen molar-refractivity contribution in [2.75, 3.05) is 19.3 Å². The first-order valence-electron chi connectivity index (χ1n) is 6.40. The van der Waals surface area contributed by atoms with Crippen molar-refractivity contribution in [1.29, 1.82) is 0 Å². The van der Waals surface area contributed by atoms with Gasteiger partial charge in [0.05, 0.1) is 16.9 Å². The van der Waals surface area contributed by atoms with Crippen LogP contribution in [0.25, 0.3) is 0 Å². The molecule has 0 unspecified atom stereocenters. The van der Waals surface area contributed by atoms with Gasteiger partial charge in [-0.3, -0.25) is 9.59 Å². The average Bonchev–Trinajstić information content (AvgIpc) is 2.72. The Kier molecular flexibility index (Phi) is 4.29. The number of carbonyl (C=O) groups is 3. The van der Waals surface area contributed by atoms with Crippen molar-refractivity contribution in [1.82, 2.24) is 9.37 Å². The van der Waals surface area contributed by atoms with Crippen molar-refractivity contribution in [3.8, 4) is 0 Å². The fraction of sp³-hybridized carbons (Fsp3) is 0.308. The number of hydrogen-bond donors (Lipinski definition) is 0. The quantitative estimate of drug-likeness (QED) is 0.707. The van der Waals surface area contributed by atoms with E-state index in [1.807, 2.05) is 0 Å². The van der Waals surface area contributed by atoms with E-state index in [0.29, 0.717) is 5.06 Å². The number of sulfonamides is 1. The third-order valence-corrected chi connectivity index (χ3v) is 4.95. The van der Waals surface area contributed by atoms with E-state index < -0.39 is 34.4 Å². The smallest absolute Gasteiger partial charge is 0.328 e. The number of likely N-dealkylation sites (N-methyl/N-ethyl adjacent to an activating group) is 1. The maximum Gasteiger partial charge on any atom is 0.348 e. The highest BCUT2D eigenvalue weighted by Gasteiger charge is 2.38. The van der Waals surface area contributed by atoms with E-state index in [1.54, 1.807) is 12.1 Å². The van der Waals surface area contributed by atoms with E-state index in [1.165, 1.54) is 26.1 Å². The Morgan fingerprint density at radius 1 is 1.18 bits per heavy atom. The zero-order valence-corrected chi connectivity index (χ0v) is 12.8. The average molecular weight is 326 g/mol. The van der Waals surface area contributed by atoms with Crippen LogP contribution in [0.5, 0.6) is 0 Å². The maximum absolute atomic E-state index is 12.0. The number of hydrogen-bond acceptors (Lipinski definition) is 6. The lowest BCUT2D eigenvalue weighted by molar-refractivity contribution is -0.168. The van der Waals surface area contributed by atoms with Crippen LogP contribution in [0.1, 0.15) is 27.6 Å². The Bertz CT molecular complexity index is 708. The van der Waals surface area contributed by atoms with Crippen molar-refractivity contribution >= 4 is 27.8 Å². The van der Waals surface area contributed by atoms with Gasteiger partial charge in [0.25, 0.3) is 11.8 Å². The molecule has 9 heteroatoms. The lowest BCUT2D eigenvalue weighted by atomic mass is 10.1. The van der Waals surface area contributed by atoms with Crippen molar-refractivity contribution in [3.63, 3.8) is 0 Å². The van der Waals surface area contributed by atoms with Gasteiger partial charge < -0.3 is 4.84 Å². The van der Waals surface area contributed by atoms with Crippen LogP contribution in [0.15, 0.2) is 24.3 Å². The van der Waals surface area contributed by atoms with Crippen molar-refractivity contribution in [2.45, 2.75) is 6.92 Å². The normalized spacial score (nSPS) is 14.4. The lowest BCUT2D eigenvalue weighted by Gasteiger charge is -2.17. The van der Waals surface area contributed by atoms with Crippen molar-refractivity contribution in [3.05, 3.63) is 35.4 Å². The summed E-state index contributed by atoms with van der Waals surface area (Å²) in [7, 11) is -2.35. The van der Waals surface area contributed by atoms with E-state index >= 15 is 0 Å². The first-order valence-corrected chi connectivity index (χ1v) is 8.01. The molecule has 0 aliphatic carbocycles. The first-order chi connectivity index (χ1) is 10.3. The van der Waals surface area contributed by atoms with Gasteiger partial charge in [-0.25, -0.2) is 13.2 Å². The minimum absolute atomic E-state index is 0.134. The number of nitrogens with zero attached hydrogens (tertiary/aromatic N) is 2. The highest BCUT2D eigenvalue weighted by atomic mass is 32.2. The minimum Gasteiger partial charge on any atom is -0.328 e. The summed E-state index contributed by atoms with van der Waals surface area (Å²) >= 11 is 0. The summed E-state index contributed by atoms with van der Waals surface area (Å²) in [6, 6.07) is 6.04. The Morgan fingerprint density at radius 3 is 2.14 bits per heavy atom. The molecule has 0 bridgehead atoms. The van der Waals surface area contributed by atoms with E-state index in [9.17, 15) is 22.8 Å². The van der Waals surface area contributed by atoms with Gasteiger partial charge in [0, 0.05) is 7.05 Å². The van der Waals surface area contributed by atoms with E-state index in [0.717, 1.165) is 4.31 Å². The molecule has 0 N–H and O–H groups in total. The fourth-order valence-electron chi connectivity index (χ4n) is 1.88. The van der Waals surface area contributed by atoms with Gasteiger partial charge in [0.15, 0.2) is 0 Å². The molecule has 1 heterocycles. The SMILES string of the molecule is CCS(=O)(=O)N(C)CC(=O)ON1C(=O)c2ccccc2C1=O. The van der Waals surface area contributed by atoms with Crippen LogP contribution in [-0.2, 0) is 19.7 Å². The molecule has 0 aromatic heterocycles. The van der Waals surface area contributed by atoms with Gasteiger partial charge in [-0.2, -0.15) is 4.31 Å². The molecule has 0 saturated carbocycles. The maximum atomic E-state index is 12.0. The Labute approximate surface area is 127 Å². The second-order valence-electron chi connectivity index (χ2n) is 4.57. The molecule has 1 aliphatic heterocycles. The highest BCUT2D eigenvalue weighted by Crippen LogP contribution is 2.22. The molecular weight excluding hydrogens is 312 g/mol. The largest absolute Gasteiger partial charge is 0.348 e. The Morgan fingerprint density at radius 2 is 1.68 bits per heavy atom. The van der Waals surface area contributed by atoms with Gasteiger partial charge in [-0.05, 0) is 19.1 Å². The number of rotatable bonds is 5. The minimum atomic E-state index is -3.56. The second kappa shape index (κ2) is 5.85. The molecule has 22 heavy (non-hydrogen) atoms. The molecule has 8 nitrogen and oxygen atoms in total. The van der Waals surface area contributed by atoms with Crippen LogP contribution in [-0.4, -0.2) is 54.9 Å². The summed E-state index contributed by atoms with van der Waals surface area (Å²) < 4.78 is 23.9. The summed E-state index contributed by atoms with van der Waals surface area (Å²) in [5.74, 6) is -2.71. The van der Waals surface area contributed by atoms with E-state index in [2.05, 4.69) is 0 Å². The Hall–Kier alpha value is -2.26. The molecule has 0 fully saturated rings. The molecule has 0 spiro atoms. The number of carbonyl (C=O) groups excluding carboxylic acids is 3. The van der Waals surface area contributed by atoms with Crippen LogP contribution in [0.4, 0.5) is 0 Å². The summed E-state index contributed by atoms with van der Waals surface area (Å²) in [5.41, 5.74) is 0.268. The predicted molar refractivity (Wildman–Crippen MR) is 75.1 cm³/mol. The number of imide groups is 1. The second-order valence-corrected chi connectivity index (χ2v) is 6.93. The zero-order chi connectivity index (χ0) is 16.5. The van der Waals surface area contributed by atoms with Crippen LogP contribution < -0.4 is 0 Å². The van der Waals surface area contributed by atoms with E-state index in [-0.39, 0.29) is 16.9 Å². The van der Waals surface area contributed by atoms with E-state index in [4.69, 9.17) is 4.84 Å². The zero-order valence-electron chi connectivity index (χ0n) is 12.0. The standard InChI is InChI=1S/C13H14N2O6S/c1-3-22(19,20)14(2)8-11(16)21-15-12(17)9-6-4-5-7-10(9)13(15)18/h4-7H,3,8H2,1-2H3. The number of fused-ring (bicyclic) bond motifs is 1. The topological polar surface area (TPSA) is 101 Å². The van der Waals surface area contributed by atoms with Crippen molar-refractivity contribution < 1.29 is 27.6 Å². The number of hydroxylamine groups is 2. The Balaban J connectivity index is 2.08. The number of benzene rings is 1. The van der Waals surface area contributed by atoms with Gasteiger partial charge in [-0.1, -0.05) is 17.2 Å². The van der Waals surface area contributed by atoms with Gasteiger partial charge in [0.1, 0.15) is 6.54 Å². The van der Waals surface area contributed by atoms with Gasteiger partial charge in [0.2, 0.25) is 10.0 Å². The third-order valence-electron chi connectivity index (χ3n) is 3.14. The summed E-state index contributed by atoms with van der Waals surface area (Å²) in [6.07, 6.45) is 0. The van der Waals surface area contributed by atoms with Crippen LogP contribution in [0.3, 0.4) is 0 Å². The summed E-state index contributed by atoms with van der Waals surface area (Å²) in [5, 5.41) is 0.347. The van der Waals surface area contributed by atoms with Gasteiger partial charge in [-0.15, -0.1) is 0 Å². The molecule has 1 aliphatic rings. The molecule has 0 radical (unpaired) electrons. The first kappa shape index (κ1) is 16.1. The van der Waals surface area contributed by atoms with Crippen LogP contribution >= 0.6 is 0 Å². The third kappa shape index (κ3) is 2.85. The summed E-state index contributed by atoms with van der Waals surface area (Å²) in [4.78, 5) is 40.4. The molecule has 1 aromatic carbocycles.